The van der Waals surface area contributed by atoms with E-state index in [1.165, 1.54) is 20.0 Å². The molecule has 2 N–H and O–H groups in total. The molecule has 1 aromatic rings. The van der Waals surface area contributed by atoms with E-state index in [4.69, 9.17) is 10.5 Å². The third kappa shape index (κ3) is 2.77. The Morgan fingerprint density at radius 1 is 1.41 bits per heavy atom. The van der Waals surface area contributed by atoms with E-state index in [9.17, 15) is 4.79 Å². The molecule has 0 unspecified atom stereocenters. The number of ether oxygens (including phenoxy) is 1. The lowest BCUT2D eigenvalue weighted by Gasteiger charge is -2.15. The standard InChI is InChI=1S/C13H18N2O2/c1-17-13(16)11-8-10(4-5-12(11)14)9-15-6-2-3-7-15/h4-5,8H,2-3,6-7,9,14H2,1H3. The molecule has 0 bridgehead atoms. The largest absolute Gasteiger partial charge is 0.465 e. The smallest absolute Gasteiger partial charge is 0.339 e. The number of carbonyl (C=O) groups is 1. The molecule has 1 fully saturated rings. The summed E-state index contributed by atoms with van der Waals surface area (Å²) in [5, 5.41) is 0. The summed E-state index contributed by atoms with van der Waals surface area (Å²) >= 11 is 0. The fourth-order valence-electron chi connectivity index (χ4n) is 2.19. The van der Waals surface area contributed by atoms with Crippen LogP contribution in [-0.2, 0) is 11.3 Å². The Morgan fingerprint density at radius 2 is 2.12 bits per heavy atom. The summed E-state index contributed by atoms with van der Waals surface area (Å²) in [6.07, 6.45) is 2.53. The van der Waals surface area contributed by atoms with Crippen LogP contribution in [0.5, 0.6) is 0 Å². The first kappa shape index (κ1) is 11.9. The van der Waals surface area contributed by atoms with Gasteiger partial charge in [-0.2, -0.15) is 0 Å². The zero-order chi connectivity index (χ0) is 12.3. The Morgan fingerprint density at radius 3 is 2.76 bits per heavy atom. The van der Waals surface area contributed by atoms with Crippen molar-refractivity contribution in [3.05, 3.63) is 29.3 Å². The van der Waals surface area contributed by atoms with Gasteiger partial charge in [0.25, 0.3) is 0 Å². The van der Waals surface area contributed by atoms with Crippen molar-refractivity contribution in [2.24, 2.45) is 0 Å². The zero-order valence-electron chi connectivity index (χ0n) is 10.1. The predicted molar refractivity (Wildman–Crippen MR) is 66.7 cm³/mol. The molecule has 0 atom stereocenters. The highest BCUT2D eigenvalue weighted by molar-refractivity contribution is 5.95. The summed E-state index contributed by atoms with van der Waals surface area (Å²) in [6, 6.07) is 5.58. The van der Waals surface area contributed by atoms with Crippen LogP contribution in [0.1, 0.15) is 28.8 Å². The summed E-state index contributed by atoms with van der Waals surface area (Å²) in [5.74, 6) is -0.370. The summed E-state index contributed by atoms with van der Waals surface area (Å²) < 4.78 is 4.71. The first-order valence-electron chi connectivity index (χ1n) is 5.90. The maximum atomic E-state index is 11.5. The maximum absolute atomic E-state index is 11.5. The van der Waals surface area contributed by atoms with Crippen molar-refractivity contribution in [3.8, 4) is 0 Å². The van der Waals surface area contributed by atoms with Gasteiger partial charge in [0.2, 0.25) is 0 Å². The average molecular weight is 234 g/mol. The molecule has 4 heteroatoms. The topological polar surface area (TPSA) is 55.6 Å². The van der Waals surface area contributed by atoms with Gasteiger partial charge in [0.15, 0.2) is 0 Å². The number of hydrogen-bond acceptors (Lipinski definition) is 4. The normalized spacial score (nSPS) is 16.1. The molecule has 1 heterocycles. The highest BCUT2D eigenvalue weighted by atomic mass is 16.5. The molecule has 0 radical (unpaired) electrons. The summed E-state index contributed by atoms with van der Waals surface area (Å²) in [7, 11) is 1.37. The Labute approximate surface area is 101 Å². The van der Waals surface area contributed by atoms with Crippen LogP contribution in [-0.4, -0.2) is 31.1 Å². The number of methoxy groups -OCH3 is 1. The van der Waals surface area contributed by atoms with Crippen molar-refractivity contribution in [2.45, 2.75) is 19.4 Å². The minimum Gasteiger partial charge on any atom is -0.465 e. The van der Waals surface area contributed by atoms with Gasteiger partial charge in [0.05, 0.1) is 12.7 Å². The molecule has 0 aliphatic carbocycles. The second kappa shape index (κ2) is 5.19. The van der Waals surface area contributed by atoms with Gasteiger partial charge in [-0.05, 0) is 43.6 Å². The number of anilines is 1. The van der Waals surface area contributed by atoms with Crippen molar-refractivity contribution < 1.29 is 9.53 Å². The molecule has 2 rings (SSSR count). The fraction of sp³-hybridized carbons (Fsp3) is 0.462. The third-order valence-corrected chi connectivity index (χ3v) is 3.13. The number of nitrogen functional groups attached to an aromatic ring is 1. The van der Waals surface area contributed by atoms with Gasteiger partial charge in [-0.15, -0.1) is 0 Å². The molecular formula is C13H18N2O2. The molecule has 0 saturated carbocycles. The van der Waals surface area contributed by atoms with Gasteiger partial charge in [0, 0.05) is 12.2 Å². The van der Waals surface area contributed by atoms with E-state index in [1.807, 2.05) is 12.1 Å². The average Bonchev–Trinajstić information content (AvgIpc) is 2.83. The zero-order valence-corrected chi connectivity index (χ0v) is 10.1. The number of esters is 1. The van der Waals surface area contributed by atoms with Gasteiger partial charge in [-0.1, -0.05) is 6.07 Å². The highest BCUT2D eigenvalue weighted by Gasteiger charge is 2.14. The number of benzene rings is 1. The Hall–Kier alpha value is -1.55. The highest BCUT2D eigenvalue weighted by Crippen LogP contribution is 2.18. The molecule has 0 aromatic heterocycles. The minimum atomic E-state index is -0.370. The van der Waals surface area contributed by atoms with Crippen LogP contribution in [0.25, 0.3) is 0 Å². The van der Waals surface area contributed by atoms with E-state index in [-0.39, 0.29) is 5.97 Å². The molecule has 1 aliphatic rings. The second-order valence-corrected chi connectivity index (χ2v) is 4.40. The lowest BCUT2D eigenvalue weighted by atomic mass is 10.1. The van der Waals surface area contributed by atoms with Gasteiger partial charge >= 0.3 is 5.97 Å². The van der Waals surface area contributed by atoms with Crippen LogP contribution in [0.4, 0.5) is 5.69 Å². The number of carbonyl (C=O) groups excluding carboxylic acids is 1. The molecule has 0 amide bonds. The molecule has 92 valence electrons. The van der Waals surface area contributed by atoms with Crippen molar-refractivity contribution in [1.29, 1.82) is 0 Å². The Kier molecular flexibility index (Phi) is 3.64. The van der Waals surface area contributed by atoms with Crippen molar-refractivity contribution >= 4 is 11.7 Å². The van der Waals surface area contributed by atoms with E-state index in [0.29, 0.717) is 11.3 Å². The molecule has 4 nitrogen and oxygen atoms in total. The number of likely N-dealkylation sites (tertiary alicyclic amines) is 1. The van der Waals surface area contributed by atoms with Crippen molar-refractivity contribution in [1.82, 2.24) is 4.90 Å². The van der Waals surface area contributed by atoms with Gasteiger partial charge < -0.3 is 10.5 Å². The summed E-state index contributed by atoms with van der Waals surface area (Å²) in [4.78, 5) is 13.9. The Bertz CT molecular complexity index is 412. The second-order valence-electron chi connectivity index (χ2n) is 4.40. The SMILES string of the molecule is COC(=O)c1cc(CN2CCCC2)ccc1N. The van der Waals surface area contributed by atoms with E-state index in [2.05, 4.69) is 4.90 Å². The molecular weight excluding hydrogens is 216 g/mol. The first-order valence-corrected chi connectivity index (χ1v) is 5.90. The van der Waals surface area contributed by atoms with Gasteiger partial charge in [0.1, 0.15) is 0 Å². The van der Waals surface area contributed by atoms with E-state index >= 15 is 0 Å². The molecule has 17 heavy (non-hydrogen) atoms. The van der Waals surface area contributed by atoms with Crippen LogP contribution in [0.15, 0.2) is 18.2 Å². The number of rotatable bonds is 3. The first-order chi connectivity index (χ1) is 8.20. The third-order valence-electron chi connectivity index (χ3n) is 3.13. The van der Waals surface area contributed by atoms with Crippen LogP contribution in [0, 0.1) is 0 Å². The van der Waals surface area contributed by atoms with Crippen LogP contribution in [0.3, 0.4) is 0 Å². The van der Waals surface area contributed by atoms with Gasteiger partial charge in [-0.3, -0.25) is 4.90 Å². The van der Waals surface area contributed by atoms with Crippen molar-refractivity contribution in [2.75, 3.05) is 25.9 Å². The summed E-state index contributed by atoms with van der Waals surface area (Å²) in [5.41, 5.74) is 7.81. The molecule has 0 spiro atoms. The van der Waals surface area contributed by atoms with Crippen molar-refractivity contribution in [3.63, 3.8) is 0 Å². The van der Waals surface area contributed by atoms with E-state index < -0.39 is 0 Å². The number of nitrogens with two attached hydrogens (primary N) is 1. The minimum absolute atomic E-state index is 0.370. The monoisotopic (exact) mass is 234 g/mol. The summed E-state index contributed by atoms with van der Waals surface area (Å²) in [6.45, 7) is 3.15. The van der Waals surface area contributed by atoms with E-state index in [1.54, 1.807) is 6.07 Å². The van der Waals surface area contributed by atoms with E-state index in [0.717, 1.165) is 25.2 Å². The van der Waals surface area contributed by atoms with Gasteiger partial charge in [-0.25, -0.2) is 4.79 Å². The van der Waals surface area contributed by atoms with Crippen LogP contribution in [0.2, 0.25) is 0 Å². The molecule has 1 saturated heterocycles. The van der Waals surface area contributed by atoms with Crippen LogP contribution < -0.4 is 5.73 Å². The van der Waals surface area contributed by atoms with Crippen LogP contribution >= 0.6 is 0 Å². The lowest BCUT2D eigenvalue weighted by molar-refractivity contribution is 0.0601. The quantitative estimate of drug-likeness (QED) is 0.638. The number of nitrogens with zero attached hydrogens (tertiary/aromatic N) is 1. The molecule has 1 aromatic carbocycles. The maximum Gasteiger partial charge on any atom is 0.339 e. The predicted octanol–water partition coefficient (Wildman–Crippen LogP) is 1.65. The Balaban J connectivity index is 2.15. The number of hydrogen-bond donors (Lipinski definition) is 1. The fourth-order valence-corrected chi connectivity index (χ4v) is 2.19. The molecule has 1 aliphatic heterocycles. The lowest BCUT2D eigenvalue weighted by Crippen LogP contribution is -2.18.